The van der Waals surface area contributed by atoms with Crippen molar-refractivity contribution < 1.29 is 4.79 Å². The Kier molecular flexibility index (Phi) is 3.34. The average Bonchev–Trinajstić information content (AvgIpc) is 2.53. The quantitative estimate of drug-likeness (QED) is 0.695. The number of nitrogens with zero attached hydrogens (tertiary/aromatic N) is 3. The molecule has 1 aliphatic heterocycles. The highest BCUT2D eigenvalue weighted by atomic mass is 127. The van der Waals surface area contributed by atoms with Gasteiger partial charge in [-0.15, -0.1) is 0 Å². The molecule has 2 rings (SSSR count). The van der Waals surface area contributed by atoms with Crippen LogP contribution in [-0.2, 0) is 17.9 Å². The molecule has 0 N–H and O–H groups in total. The minimum atomic E-state index is 0.217. The van der Waals surface area contributed by atoms with E-state index in [0.29, 0.717) is 13.0 Å². The summed E-state index contributed by atoms with van der Waals surface area (Å²) < 4.78 is 3.97. The molecular formula is C9H11BrIN3O. The Hall–Kier alpha value is -0.110. The topological polar surface area (TPSA) is 38.1 Å². The SMILES string of the molecule is CCC(=O)N1CCn2c(Br)nc(I)c2C1. The van der Waals surface area contributed by atoms with Crippen LogP contribution in [0.4, 0.5) is 0 Å². The molecule has 0 aromatic carbocycles. The molecule has 15 heavy (non-hydrogen) atoms. The number of aromatic nitrogens is 2. The van der Waals surface area contributed by atoms with Crippen molar-refractivity contribution in [1.29, 1.82) is 0 Å². The summed E-state index contributed by atoms with van der Waals surface area (Å²) in [7, 11) is 0. The first kappa shape index (κ1) is 11.4. The highest BCUT2D eigenvalue weighted by Crippen LogP contribution is 2.23. The van der Waals surface area contributed by atoms with E-state index in [4.69, 9.17) is 0 Å². The predicted octanol–water partition coefficient (Wildman–Crippen LogP) is 2.00. The van der Waals surface area contributed by atoms with Crippen molar-refractivity contribution in [3.8, 4) is 0 Å². The van der Waals surface area contributed by atoms with Gasteiger partial charge in [-0.05, 0) is 38.5 Å². The predicted molar refractivity (Wildman–Crippen MR) is 68.4 cm³/mol. The minimum absolute atomic E-state index is 0.217. The first-order chi connectivity index (χ1) is 7.13. The van der Waals surface area contributed by atoms with Gasteiger partial charge in [-0.2, -0.15) is 0 Å². The van der Waals surface area contributed by atoms with Crippen molar-refractivity contribution >= 4 is 44.4 Å². The zero-order valence-corrected chi connectivity index (χ0v) is 12.1. The van der Waals surface area contributed by atoms with Gasteiger partial charge >= 0.3 is 0 Å². The monoisotopic (exact) mass is 383 g/mol. The number of halogens is 2. The number of rotatable bonds is 1. The second-order valence-electron chi connectivity index (χ2n) is 3.44. The van der Waals surface area contributed by atoms with Gasteiger partial charge in [-0.3, -0.25) is 4.79 Å². The van der Waals surface area contributed by atoms with E-state index in [1.54, 1.807) is 0 Å². The lowest BCUT2D eigenvalue weighted by Crippen LogP contribution is -2.38. The lowest BCUT2D eigenvalue weighted by molar-refractivity contribution is -0.132. The third kappa shape index (κ3) is 2.06. The van der Waals surface area contributed by atoms with Crippen LogP contribution in [0.3, 0.4) is 0 Å². The third-order valence-electron chi connectivity index (χ3n) is 2.57. The summed E-state index contributed by atoms with van der Waals surface area (Å²) >= 11 is 5.63. The summed E-state index contributed by atoms with van der Waals surface area (Å²) in [6.07, 6.45) is 0.575. The molecule has 0 radical (unpaired) electrons. The Morgan fingerprint density at radius 2 is 2.33 bits per heavy atom. The second-order valence-corrected chi connectivity index (χ2v) is 5.17. The van der Waals surface area contributed by atoms with Gasteiger partial charge in [0.05, 0.1) is 12.2 Å². The van der Waals surface area contributed by atoms with Crippen molar-refractivity contribution in [2.75, 3.05) is 6.54 Å². The number of hydrogen-bond acceptors (Lipinski definition) is 2. The Bertz CT molecular complexity index is 404. The van der Waals surface area contributed by atoms with Crippen LogP contribution in [0.15, 0.2) is 4.73 Å². The number of imidazole rings is 1. The first-order valence-electron chi connectivity index (χ1n) is 4.81. The number of carbonyl (C=O) groups excluding carboxylic acids is 1. The van der Waals surface area contributed by atoms with Gasteiger partial charge in [0.25, 0.3) is 0 Å². The summed E-state index contributed by atoms with van der Waals surface area (Å²) in [5, 5.41) is 0. The molecule has 0 spiro atoms. The summed E-state index contributed by atoms with van der Waals surface area (Å²) in [5.41, 5.74) is 1.13. The Morgan fingerprint density at radius 3 is 3.00 bits per heavy atom. The molecule has 0 aliphatic carbocycles. The van der Waals surface area contributed by atoms with Crippen LogP contribution in [0.1, 0.15) is 19.0 Å². The van der Waals surface area contributed by atoms with Crippen LogP contribution in [-0.4, -0.2) is 26.9 Å². The molecule has 0 atom stereocenters. The second kappa shape index (κ2) is 4.40. The van der Waals surface area contributed by atoms with Crippen molar-refractivity contribution in [1.82, 2.24) is 14.5 Å². The van der Waals surface area contributed by atoms with Gasteiger partial charge in [0.2, 0.25) is 5.91 Å². The normalized spacial score (nSPS) is 15.3. The zero-order valence-electron chi connectivity index (χ0n) is 8.33. The van der Waals surface area contributed by atoms with E-state index in [9.17, 15) is 4.79 Å². The van der Waals surface area contributed by atoms with Crippen LogP contribution in [0, 0.1) is 3.70 Å². The van der Waals surface area contributed by atoms with E-state index in [0.717, 1.165) is 27.2 Å². The summed E-state index contributed by atoms with van der Waals surface area (Å²) in [4.78, 5) is 17.8. The van der Waals surface area contributed by atoms with Crippen LogP contribution in [0.2, 0.25) is 0 Å². The van der Waals surface area contributed by atoms with Crippen LogP contribution >= 0.6 is 38.5 Å². The Balaban J connectivity index is 2.26. The molecule has 82 valence electrons. The fraction of sp³-hybridized carbons (Fsp3) is 0.556. The van der Waals surface area contributed by atoms with Gasteiger partial charge in [0, 0.05) is 19.5 Å². The summed E-state index contributed by atoms with van der Waals surface area (Å²) in [5.74, 6) is 0.217. The van der Waals surface area contributed by atoms with E-state index in [2.05, 4.69) is 48.1 Å². The Morgan fingerprint density at radius 1 is 1.60 bits per heavy atom. The van der Waals surface area contributed by atoms with Crippen molar-refractivity contribution in [2.45, 2.75) is 26.4 Å². The zero-order chi connectivity index (χ0) is 11.0. The number of amides is 1. The number of hydrogen-bond donors (Lipinski definition) is 0. The Labute approximate surface area is 110 Å². The molecule has 2 heterocycles. The van der Waals surface area contributed by atoms with Gasteiger partial charge in [0.1, 0.15) is 3.70 Å². The van der Waals surface area contributed by atoms with Gasteiger partial charge in [0.15, 0.2) is 4.73 Å². The van der Waals surface area contributed by atoms with Crippen molar-refractivity contribution in [3.63, 3.8) is 0 Å². The maximum absolute atomic E-state index is 11.6. The van der Waals surface area contributed by atoms with Crippen LogP contribution in [0.25, 0.3) is 0 Å². The van der Waals surface area contributed by atoms with Gasteiger partial charge in [-0.1, -0.05) is 6.92 Å². The van der Waals surface area contributed by atoms with E-state index in [1.807, 2.05) is 11.8 Å². The molecular weight excluding hydrogens is 373 g/mol. The fourth-order valence-electron chi connectivity index (χ4n) is 1.72. The lowest BCUT2D eigenvalue weighted by atomic mass is 10.3. The van der Waals surface area contributed by atoms with Crippen LogP contribution in [0.5, 0.6) is 0 Å². The smallest absolute Gasteiger partial charge is 0.222 e. The first-order valence-corrected chi connectivity index (χ1v) is 6.68. The number of fused-ring (bicyclic) bond motifs is 1. The molecule has 1 aromatic rings. The molecule has 1 aromatic heterocycles. The fourth-order valence-corrected chi connectivity index (χ4v) is 3.31. The van der Waals surface area contributed by atoms with Gasteiger partial charge in [-0.25, -0.2) is 4.98 Å². The average molecular weight is 384 g/mol. The maximum Gasteiger partial charge on any atom is 0.222 e. The molecule has 0 saturated heterocycles. The van der Waals surface area contributed by atoms with E-state index in [1.165, 1.54) is 0 Å². The molecule has 0 fully saturated rings. The van der Waals surface area contributed by atoms with Crippen molar-refractivity contribution in [2.24, 2.45) is 0 Å². The summed E-state index contributed by atoms with van der Waals surface area (Å²) in [6.45, 7) is 4.20. The summed E-state index contributed by atoms with van der Waals surface area (Å²) in [6, 6.07) is 0. The molecule has 0 bridgehead atoms. The molecule has 0 unspecified atom stereocenters. The molecule has 1 amide bonds. The van der Waals surface area contributed by atoms with E-state index < -0.39 is 0 Å². The van der Waals surface area contributed by atoms with Crippen LogP contribution < -0.4 is 0 Å². The van der Waals surface area contributed by atoms with Crippen molar-refractivity contribution in [3.05, 3.63) is 14.1 Å². The molecule has 0 saturated carbocycles. The van der Waals surface area contributed by atoms with Gasteiger partial charge < -0.3 is 9.47 Å². The largest absolute Gasteiger partial charge is 0.335 e. The van der Waals surface area contributed by atoms with E-state index >= 15 is 0 Å². The maximum atomic E-state index is 11.6. The molecule has 6 heteroatoms. The highest BCUT2D eigenvalue weighted by Gasteiger charge is 2.24. The minimum Gasteiger partial charge on any atom is -0.335 e. The van der Waals surface area contributed by atoms with E-state index in [-0.39, 0.29) is 5.91 Å². The molecule has 4 nitrogen and oxygen atoms in total. The lowest BCUT2D eigenvalue weighted by Gasteiger charge is -2.28. The number of carbonyl (C=O) groups is 1. The third-order valence-corrected chi connectivity index (χ3v) is 4.04. The standard InChI is InChI=1S/C9H11BrIN3O/c1-2-7(15)13-3-4-14-6(5-13)8(11)12-9(14)10/h2-5H2,1H3. The molecule has 1 aliphatic rings. The highest BCUT2D eigenvalue weighted by molar-refractivity contribution is 14.1.